The average molecular weight is 242 g/mol. The molecule has 0 bridgehead atoms. The van der Waals surface area contributed by atoms with Crippen LogP contribution < -0.4 is 0 Å². The first kappa shape index (κ1) is 11.2. The number of rotatable bonds is 4. The van der Waals surface area contributed by atoms with Crippen molar-refractivity contribution in [1.29, 1.82) is 0 Å². The van der Waals surface area contributed by atoms with Gasteiger partial charge in [0.15, 0.2) is 0 Å². The summed E-state index contributed by atoms with van der Waals surface area (Å²) >= 11 is -3.88. The van der Waals surface area contributed by atoms with Gasteiger partial charge in [-0.2, -0.15) is 0 Å². The van der Waals surface area contributed by atoms with Gasteiger partial charge < -0.3 is 0 Å². The molecule has 0 amide bonds. The maximum absolute atomic E-state index is 10.5. The molecule has 0 rings (SSSR count). The molecule has 0 spiro atoms. The quantitative estimate of drug-likeness (QED) is 0.512. The van der Waals surface area contributed by atoms with Crippen LogP contribution in [0.25, 0.3) is 0 Å². The molecule has 0 saturated heterocycles. The van der Waals surface area contributed by atoms with E-state index in [2.05, 4.69) is 7.45 Å². The van der Waals surface area contributed by atoms with Gasteiger partial charge in [0.05, 0.1) is 0 Å². The molecule has 0 aromatic carbocycles. The van der Waals surface area contributed by atoms with Crippen molar-refractivity contribution in [2.45, 2.75) is 0 Å². The number of hydrogen-bond donors (Lipinski definition) is 2. The van der Waals surface area contributed by atoms with E-state index in [1.165, 1.54) is 0 Å². The Morgan fingerprint density at radius 1 is 1.08 bits per heavy atom. The molecule has 0 aliphatic carbocycles. The molecule has 7 nitrogen and oxygen atoms in total. The molecular formula is C4H7AsO7. The summed E-state index contributed by atoms with van der Waals surface area (Å²) in [5.74, 6) is -2.27. The Labute approximate surface area is 72.1 Å². The second-order valence-electron chi connectivity index (χ2n) is 1.51. The Morgan fingerprint density at radius 3 is 1.67 bits per heavy atom. The fourth-order valence-corrected chi connectivity index (χ4v) is 1.41. The van der Waals surface area contributed by atoms with Crippen molar-refractivity contribution in [3.8, 4) is 0 Å². The van der Waals surface area contributed by atoms with Gasteiger partial charge in [-0.05, 0) is 0 Å². The molecule has 0 aliphatic rings. The third-order valence-electron chi connectivity index (χ3n) is 0.653. The monoisotopic (exact) mass is 242 g/mol. The topological polar surface area (TPSA) is 110 Å². The van der Waals surface area contributed by atoms with E-state index in [0.29, 0.717) is 0 Å². The van der Waals surface area contributed by atoms with Crippen LogP contribution in [0.4, 0.5) is 0 Å². The second kappa shape index (κ2) is 5.82. The summed E-state index contributed by atoms with van der Waals surface area (Å²) in [5, 5.41) is 16.2. The van der Waals surface area contributed by atoms with Crippen molar-refractivity contribution in [3.05, 3.63) is 0 Å². The van der Waals surface area contributed by atoms with Gasteiger partial charge in [0.25, 0.3) is 0 Å². The summed E-state index contributed by atoms with van der Waals surface area (Å²) in [5.41, 5.74) is 0. The zero-order valence-electron chi connectivity index (χ0n) is 5.85. The fourth-order valence-electron chi connectivity index (χ4n) is 0.271. The summed E-state index contributed by atoms with van der Waals surface area (Å²) < 4.78 is 18.4. The van der Waals surface area contributed by atoms with Gasteiger partial charge in [-0.15, -0.1) is 0 Å². The van der Waals surface area contributed by atoms with E-state index in [9.17, 15) is 13.3 Å². The average Bonchev–Trinajstić information content (AvgIpc) is 2.03. The summed E-state index contributed by atoms with van der Waals surface area (Å²) in [4.78, 5) is 20.4. The van der Waals surface area contributed by atoms with Crippen LogP contribution in [0.15, 0.2) is 0 Å². The fraction of sp³-hybridized carbons (Fsp3) is 0.500. The van der Waals surface area contributed by atoms with Gasteiger partial charge in [0.1, 0.15) is 0 Å². The van der Waals surface area contributed by atoms with Gasteiger partial charge >= 0.3 is 71.4 Å². The van der Waals surface area contributed by atoms with E-state index in [4.69, 9.17) is 10.2 Å². The molecule has 0 radical (unpaired) electrons. The first-order chi connectivity index (χ1) is 5.60. The van der Waals surface area contributed by atoms with Crippen molar-refractivity contribution < 1.29 is 31.0 Å². The van der Waals surface area contributed by atoms with E-state index < -0.39 is 40.4 Å². The summed E-state index contributed by atoms with van der Waals surface area (Å²) in [7, 11) is 0. The maximum atomic E-state index is 10.5. The Kier molecular flexibility index (Phi) is 5.44. The molecule has 0 heterocycles. The molecule has 2 N–H and O–H groups in total. The number of aliphatic hydroxyl groups excluding tert-OH is 2. The van der Waals surface area contributed by atoms with E-state index in [1.807, 2.05) is 0 Å². The first-order valence-corrected chi connectivity index (χ1v) is 5.34. The van der Waals surface area contributed by atoms with Gasteiger partial charge in [0.2, 0.25) is 0 Å². The van der Waals surface area contributed by atoms with Gasteiger partial charge in [-0.25, -0.2) is 0 Å². The zero-order valence-corrected chi connectivity index (χ0v) is 7.95. The predicted molar refractivity (Wildman–Crippen MR) is 34.2 cm³/mol. The predicted octanol–water partition coefficient (Wildman–Crippen LogP) is -2.79. The molecule has 8 heteroatoms. The zero-order chi connectivity index (χ0) is 9.56. The molecule has 0 unspecified atom stereocenters. The number of aliphatic hydroxyl groups is 2. The van der Waals surface area contributed by atoms with Gasteiger partial charge in [0, 0.05) is 0 Å². The third-order valence-corrected chi connectivity index (χ3v) is 2.31. The van der Waals surface area contributed by atoms with E-state index in [1.54, 1.807) is 0 Å². The molecule has 0 aromatic heterocycles. The van der Waals surface area contributed by atoms with Crippen LogP contribution in [0.1, 0.15) is 0 Å². The van der Waals surface area contributed by atoms with Crippen molar-refractivity contribution in [1.82, 2.24) is 0 Å². The van der Waals surface area contributed by atoms with Crippen LogP contribution >= 0.6 is 0 Å². The van der Waals surface area contributed by atoms with Crippen LogP contribution in [0.5, 0.6) is 0 Å². The van der Waals surface area contributed by atoms with E-state index in [0.717, 1.165) is 0 Å². The number of carbonyl (C=O) groups is 2. The first-order valence-electron chi connectivity index (χ1n) is 2.77. The Morgan fingerprint density at radius 2 is 1.42 bits per heavy atom. The van der Waals surface area contributed by atoms with Crippen molar-refractivity contribution in [2.24, 2.45) is 0 Å². The van der Waals surface area contributed by atoms with Crippen LogP contribution in [0.2, 0.25) is 0 Å². The number of carbonyl (C=O) groups excluding carboxylic acids is 2. The standard InChI is InChI=1S/C4H7AsO7/c6-1-3(8)11-5(10)12-4(9)2-7/h5-7H,1-2H2. The molecular weight excluding hydrogens is 235 g/mol. The van der Waals surface area contributed by atoms with E-state index in [-0.39, 0.29) is 0 Å². The summed E-state index contributed by atoms with van der Waals surface area (Å²) in [6.45, 7) is -1.87. The number of hydrogen-bond acceptors (Lipinski definition) is 7. The van der Waals surface area contributed by atoms with Crippen LogP contribution in [-0.2, 0) is 20.8 Å². The molecule has 0 fully saturated rings. The van der Waals surface area contributed by atoms with E-state index >= 15 is 0 Å². The molecule has 12 heavy (non-hydrogen) atoms. The van der Waals surface area contributed by atoms with Gasteiger partial charge in [-0.1, -0.05) is 0 Å². The third kappa shape index (κ3) is 4.95. The van der Waals surface area contributed by atoms with Crippen LogP contribution in [0.3, 0.4) is 0 Å². The Balaban J connectivity index is 3.74. The second-order valence-corrected chi connectivity index (χ2v) is 3.42. The minimum absolute atomic E-state index is 0.935. The SMILES string of the molecule is O=C(CO)O[AsH](=O)OC(=O)CO. The van der Waals surface area contributed by atoms with Gasteiger partial charge in [-0.3, -0.25) is 0 Å². The Hall–Kier alpha value is -0.782. The Bertz CT molecular complexity index is 180. The summed E-state index contributed by atoms with van der Waals surface area (Å²) in [6, 6.07) is 0. The molecule has 0 aliphatic heterocycles. The van der Waals surface area contributed by atoms with Crippen LogP contribution in [0, 0.1) is 0 Å². The van der Waals surface area contributed by atoms with Crippen molar-refractivity contribution in [2.75, 3.05) is 13.2 Å². The molecule has 0 atom stereocenters. The van der Waals surface area contributed by atoms with Crippen molar-refractivity contribution in [3.63, 3.8) is 0 Å². The molecule has 0 saturated carbocycles. The summed E-state index contributed by atoms with van der Waals surface area (Å²) in [6.07, 6.45) is 0. The van der Waals surface area contributed by atoms with Crippen molar-refractivity contribution >= 4 is 27.2 Å². The normalized spacial score (nSPS) is 9.58. The molecule has 70 valence electrons. The molecule has 0 aromatic rings. The van der Waals surface area contributed by atoms with Crippen LogP contribution in [-0.4, -0.2) is 50.6 Å². The minimum atomic E-state index is -3.88.